The van der Waals surface area contributed by atoms with Gasteiger partial charge in [-0.1, -0.05) is 6.92 Å². The molecule has 0 aromatic carbocycles. The minimum atomic E-state index is -0.307. The molecule has 4 nitrogen and oxygen atoms in total. The number of carbonyl (C=O) groups is 1. The van der Waals surface area contributed by atoms with Crippen LogP contribution in [0.4, 0.5) is 0 Å². The molecular formula is C9H15N3O. The van der Waals surface area contributed by atoms with Crippen LogP contribution in [0.2, 0.25) is 0 Å². The molecule has 0 aromatic heterocycles. The smallest absolute Gasteiger partial charge is 0.263 e. The van der Waals surface area contributed by atoms with Gasteiger partial charge in [-0.15, -0.1) is 0 Å². The van der Waals surface area contributed by atoms with Gasteiger partial charge in [-0.2, -0.15) is 5.26 Å². The van der Waals surface area contributed by atoms with Crippen LogP contribution in [0.5, 0.6) is 0 Å². The summed E-state index contributed by atoms with van der Waals surface area (Å²) >= 11 is 0. The lowest BCUT2D eigenvalue weighted by molar-refractivity contribution is -0.117. The van der Waals surface area contributed by atoms with E-state index in [0.29, 0.717) is 6.54 Å². The topological polar surface area (TPSA) is 56.1 Å². The molecule has 1 N–H and O–H groups in total. The van der Waals surface area contributed by atoms with E-state index < -0.39 is 0 Å². The highest BCUT2D eigenvalue weighted by atomic mass is 16.1. The highest BCUT2D eigenvalue weighted by Gasteiger charge is 2.06. The van der Waals surface area contributed by atoms with Gasteiger partial charge in [0.15, 0.2) is 0 Å². The van der Waals surface area contributed by atoms with Gasteiger partial charge in [0.25, 0.3) is 5.91 Å². The van der Waals surface area contributed by atoms with Gasteiger partial charge in [0, 0.05) is 26.8 Å². The Morgan fingerprint density at radius 1 is 1.62 bits per heavy atom. The molecule has 0 aliphatic carbocycles. The van der Waals surface area contributed by atoms with Gasteiger partial charge in [-0.25, -0.2) is 0 Å². The molecule has 0 fully saturated rings. The Kier molecular flexibility index (Phi) is 5.37. The minimum absolute atomic E-state index is 0.137. The predicted octanol–water partition coefficient (Wildman–Crippen LogP) is 0.482. The van der Waals surface area contributed by atoms with E-state index in [-0.39, 0.29) is 11.5 Å². The summed E-state index contributed by atoms with van der Waals surface area (Å²) in [4.78, 5) is 12.9. The van der Waals surface area contributed by atoms with E-state index in [1.165, 1.54) is 6.20 Å². The molecule has 0 atom stereocenters. The third-order valence-electron chi connectivity index (χ3n) is 1.29. The second-order valence-corrected chi connectivity index (χ2v) is 2.87. The van der Waals surface area contributed by atoms with E-state index in [1.54, 1.807) is 19.0 Å². The van der Waals surface area contributed by atoms with Crippen LogP contribution in [0.25, 0.3) is 0 Å². The van der Waals surface area contributed by atoms with Crippen LogP contribution in [-0.4, -0.2) is 31.4 Å². The van der Waals surface area contributed by atoms with Gasteiger partial charge in [-0.05, 0) is 6.42 Å². The van der Waals surface area contributed by atoms with Gasteiger partial charge < -0.3 is 10.2 Å². The number of nitriles is 1. The van der Waals surface area contributed by atoms with Gasteiger partial charge >= 0.3 is 0 Å². The molecular weight excluding hydrogens is 166 g/mol. The van der Waals surface area contributed by atoms with Crippen molar-refractivity contribution in [1.82, 2.24) is 10.2 Å². The average molecular weight is 181 g/mol. The largest absolute Gasteiger partial charge is 0.382 e. The van der Waals surface area contributed by atoms with Crippen molar-refractivity contribution in [2.75, 3.05) is 20.6 Å². The summed E-state index contributed by atoms with van der Waals surface area (Å²) in [6.45, 7) is 2.56. The molecule has 4 heteroatoms. The zero-order valence-electron chi connectivity index (χ0n) is 8.29. The minimum Gasteiger partial charge on any atom is -0.382 e. The fourth-order valence-electron chi connectivity index (χ4n) is 0.730. The van der Waals surface area contributed by atoms with Gasteiger partial charge in [0.05, 0.1) is 0 Å². The van der Waals surface area contributed by atoms with Crippen LogP contribution < -0.4 is 5.32 Å². The Bertz CT molecular complexity index is 238. The first kappa shape index (κ1) is 11.5. The number of nitrogens with one attached hydrogen (secondary N) is 1. The molecule has 0 aromatic rings. The molecule has 0 bridgehead atoms. The van der Waals surface area contributed by atoms with E-state index in [9.17, 15) is 4.79 Å². The van der Waals surface area contributed by atoms with E-state index in [4.69, 9.17) is 5.26 Å². The van der Waals surface area contributed by atoms with E-state index in [1.807, 2.05) is 13.0 Å². The predicted molar refractivity (Wildman–Crippen MR) is 50.7 cm³/mol. The summed E-state index contributed by atoms with van der Waals surface area (Å²) in [7, 11) is 3.54. The fraction of sp³-hybridized carbons (Fsp3) is 0.556. The molecule has 0 saturated heterocycles. The SMILES string of the molecule is CCCNC(=O)/C(C#N)=C/N(C)C. The zero-order chi connectivity index (χ0) is 10.3. The standard InChI is InChI=1S/C9H15N3O/c1-4-5-11-9(13)8(6-10)7-12(2)3/h7H,4-5H2,1-3H3,(H,11,13)/b8-7+. The van der Waals surface area contributed by atoms with Gasteiger partial charge in [0.2, 0.25) is 0 Å². The van der Waals surface area contributed by atoms with Crippen molar-refractivity contribution >= 4 is 5.91 Å². The first-order chi connectivity index (χ1) is 6.11. The van der Waals surface area contributed by atoms with Crippen LogP contribution >= 0.6 is 0 Å². The number of nitrogens with zero attached hydrogens (tertiary/aromatic N) is 2. The Hall–Kier alpha value is -1.50. The van der Waals surface area contributed by atoms with Crippen LogP contribution in [0, 0.1) is 11.3 Å². The number of rotatable bonds is 4. The van der Waals surface area contributed by atoms with Crippen molar-refractivity contribution in [1.29, 1.82) is 5.26 Å². The number of carbonyl (C=O) groups excluding carboxylic acids is 1. The van der Waals surface area contributed by atoms with Crippen LogP contribution in [0.15, 0.2) is 11.8 Å². The molecule has 0 aliphatic heterocycles. The summed E-state index contributed by atoms with van der Waals surface area (Å²) < 4.78 is 0. The van der Waals surface area contributed by atoms with Gasteiger partial charge in [0.1, 0.15) is 11.6 Å². The Morgan fingerprint density at radius 3 is 2.62 bits per heavy atom. The second kappa shape index (κ2) is 6.06. The van der Waals surface area contributed by atoms with Crippen molar-refractivity contribution in [3.63, 3.8) is 0 Å². The van der Waals surface area contributed by atoms with Crippen molar-refractivity contribution in [2.24, 2.45) is 0 Å². The fourth-order valence-corrected chi connectivity index (χ4v) is 0.730. The van der Waals surface area contributed by atoms with Crippen molar-refractivity contribution < 1.29 is 4.79 Å². The molecule has 0 spiro atoms. The molecule has 0 unspecified atom stereocenters. The summed E-state index contributed by atoms with van der Waals surface area (Å²) in [5, 5.41) is 11.3. The maximum atomic E-state index is 11.2. The molecule has 13 heavy (non-hydrogen) atoms. The first-order valence-corrected chi connectivity index (χ1v) is 4.18. The average Bonchev–Trinajstić information content (AvgIpc) is 2.09. The van der Waals surface area contributed by atoms with Crippen LogP contribution in [0.3, 0.4) is 0 Å². The maximum Gasteiger partial charge on any atom is 0.263 e. The number of amides is 1. The molecule has 0 heterocycles. The Morgan fingerprint density at radius 2 is 2.23 bits per heavy atom. The molecule has 1 amide bonds. The summed E-state index contributed by atoms with van der Waals surface area (Å²) in [5.74, 6) is -0.307. The molecule has 72 valence electrons. The van der Waals surface area contributed by atoms with E-state index in [2.05, 4.69) is 5.32 Å². The third kappa shape index (κ3) is 4.86. The van der Waals surface area contributed by atoms with Crippen molar-refractivity contribution in [3.05, 3.63) is 11.8 Å². The molecule has 0 rings (SSSR count). The summed E-state index contributed by atoms with van der Waals surface area (Å²) in [5.41, 5.74) is 0.137. The number of hydrogen-bond donors (Lipinski definition) is 1. The van der Waals surface area contributed by atoms with Crippen LogP contribution in [-0.2, 0) is 4.79 Å². The summed E-state index contributed by atoms with van der Waals surface area (Å²) in [6, 6.07) is 1.85. The maximum absolute atomic E-state index is 11.2. The highest BCUT2D eigenvalue weighted by molar-refractivity contribution is 5.97. The zero-order valence-corrected chi connectivity index (χ0v) is 8.29. The third-order valence-corrected chi connectivity index (χ3v) is 1.29. The lowest BCUT2D eigenvalue weighted by atomic mass is 10.3. The van der Waals surface area contributed by atoms with E-state index >= 15 is 0 Å². The first-order valence-electron chi connectivity index (χ1n) is 4.18. The Labute approximate surface area is 78.8 Å². The Balaban J connectivity index is 4.26. The van der Waals surface area contributed by atoms with Crippen molar-refractivity contribution in [2.45, 2.75) is 13.3 Å². The monoisotopic (exact) mass is 181 g/mol. The lowest BCUT2D eigenvalue weighted by Crippen LogP contribution is -2.26. The van der Waals surface area contributed by atoms with E-state index in [0.717, 1.165) is 6.42 Å². The number of hydrogen-bond acceptors (Lipinski definition) is 3. The second-order valence-electron chi connectivity index (χ2n) is 2.87. The lowest BCUT2D eigenvalue weighted by Gasteiger charge is -2.06. The summed E-state index contributed by atoms with van der Waals surface area (Å²) in [6.07, 6.45) is 2.37. The molecule has 0 radical (unpaired) electrons. The molecule has 0 saturated carbocycles. The van der Waals surface area contributed by atoms with Crippen molar-refractivity contribution in [3.8, 4) is 6.07 Å². The van der Waals surface area contributed by atoms with Gasteiger partial charge in [-0.3, -0.25) is 4.79 Å². The quantitative estimate of drug-likeness (QED) is 0.507. The van der Waals surface area contributed by atoms with Crippen LogP contribution in [0.1, 0.15) is 13.3 Å². The normalized spacial score (nSPS) is 10.5. The molecule has 0 aliphatic rings. The highest BCUT2D eigenvalue weighted by Crippen LogP contribution is 1.93.